The molecule has 2 heteroatoms. The van der Waals surface area contributed by atoms with Gasteiger partial charge >= 0.3 is 0 Å². The highest BCUT2D eigenvalue weighted by atomic mass is 16.3. The number of hydrogen-bond acceptors (Lipinski definition) is 2. The Morgan fingerprint density at radius 1 is 1.15 bits per heavy atom. The van der Waals surface area contributed by atoms with Gasteiger partial charge in [0.1, 0.15) is 0 Å². The van der Waals surface area contributed by atoms with E-state index in [2.05, 4.69) is 13.8 Å². The van der Waals surface area contributed by atoms with E-state index in [1.807, 2.05) is 13.8 Å². The van der Waals surface area contributed by atoms with Gasteiger partial charge in [0, 0.05) is 0 Å². The topological polar surface area (TPSA) is 46.2 Å². The molecule has 0 heterocycles. The molecule has 0 rings (SSSR count). The van der Waals surface area contributed by atoms with E-state index in [9.17, 15) is 5.11 Å². The lowest BCUT2D eigenvalue weighted by molar-refractivity contribution is 0.0613. The van der Waals surface area contributed by atoms with Crippen molar-refractivity contribution in [2.24, 2.45) is 17.6 Å². The van der Waals surface area contributed by atoms with Gasteiger partial charge in [-0.2, -0.15) is 0 Å². The van der Waals surface area contributed by atoms with E-state index < -0.39 is 5.60 Å². The van der Waals surface area contributed by atoms with Crippen molar-refractivity contribution in [2.75, 3.05) is 6.54 Å². The minimum Gasteiger partial charge on any atom is -0.390 e. The number of nitrogens with two attached hydrogens (primary N) is 1. The molecule has 0 fully saturated rings. The van der Waals surface area contributed by atoms with Gasteiger partial charge < -0.3 is 10.8 Å². The molecule has 3 N–H and O–H groups in total. The summed E-state index contributed by atoms with van der Waals surface area (Å²) in [6.07, 6.45) is 3.06. The first-order chi connectivity index (χ1) is 5.87. The SMILES string of the molecule is CC(CCN)C(C)CCC(C)(C)O. The van der Waals surface area contributed by atoms with Crippen molar-refractivity contribution in [3.8, 4) is 0 Å². The van der Waals surface area contributed by atoms with Crippen molar-refractivity contribution in [1.82, 2.24) is 0 Å². The van der Waals surface area contributed by atoms with Gasteiger partial charge in [-0.05, 0) is 51.5 Å². The van der Waals surface area contributed by atoms with Crippen molar-refractivity contribution >= 4 is 0 Å². The Bertz CT molecular complexity index is 129. The third-order valence-electron chi connectivity index (χ3n) is 2.80. The molecule has 0 amide bonds. The Morgan fingerprint density at radius 3 is 2.00 bits per heavy atom. The Balaban J connectivity index is 3.67. The molecule has 0 bridgehead atoms. The first-order valence-corrected chi connectivity index (χ1v) is 5.29. The van der Waals surface area contributed by atoms with Gasteiger partial charge in [-0.1, -0.05) is 13.8 Å². The number of rotatable bonds is 6. The Morgan fingerprint density at radius 2 is 1.62 bits per heavy atom. The molecule has 0 aliphatic rings. The van der Waals surface area contributed by atoms with Gasteiger partial charge in [-0.15, -0.1) is 0 Å². The van der Waals surface area contributed by atoms with Gasteiger partial charge in [0.25, 0.3) is 0 Å². The van der Waals surface area contributed by atoms with Crippen LogP contribution in [0.25, 0.3) is 0 Å². The summed E-state index contributed by atoms with van der Waals surface area (Å²) < 4.78 is 0. The van der Waals surface area contributed by atoms with Crippen LogP contribution in [-0.4, -0.2) is 17.3 Å². The molecule has 0 radical (unpaired) electrons. The zero-order valence-corrected chi connectivity index (χ0v) is 9.51. The molecule has 0 aromatic carbocycles. The molecule has 0 aromatic rings. The van der Waals surface area contributed by atoms with Crippen LogP contribution in [0.3, 0.4) is 0 Å². The molecule has 0 aliphatic carbocycles. The van der Waals surface area contributed by atoms with Gasteiger partial charge in [0.05, 0.1) is 5.60 Å². The van der Waals surface area contributed by atoms with Crippen LogP contribution in [0.2, 0.25) is 0 Å². The minimum absolute atomic E-state index is 0.517. The Hall–Kier alpha value is -0.0800. The molecule has 0 aromatic heterocycles. The first-order valence-electron chi connectivity index (χ1n) is 5.29. The monoisotopic (exact) mass is 187 g/mol. The molecule has 0 aliphatic heterocycles. The average Bonchev–Trinajstić information content (AvgIpc) is 1.99. The molecule has 2 unspecified atom stereocenters. The maximum atomic E-state index is 9.55. The third kappa shape index (κ3) is 7.03. The van der Waals surface area contributed by atoms with Crippen molar-refractivity contribution in [3.05, 3.63) is 0 Å². The Labute approximate surface area is 82.5 Å². The van der Waals surface area contributed by atoms with E-state index in [1.165, 1.54) is 0 Å². The fourth-order valence-electron chi connectivity index (χ4n) is 1.41. The van der Waals surface area contributed by atoms with Crippen LogP contribution < -0.4 is 5.73 Å². The molecule has 13 heavy (non-hydrogen) atoms. The van der Waals surface area contributed by atoms with E-state index in [0.29, 0.717) is 11.8 Å². The standard InChI is InChI=1S/C11H25NO/c1-9(10(2)6-8-12)5-7-11(3,4)13/h9-10,13H,5-8,12H2,1-4H3. The van der Waals surface area contributed by atoms with Crippen LogP contribution >= 0.6 is 0 Å². The van der Waals surface area contributed by atoms with Gasteiger partial charge in [-0.25, -0.2) is 0 Å². The summed E-state index contributed by atoms with van der Waals surface area (Å²) in [7, 11) is 0. The number of hydrogen-bond donors (Lipinski definition) is 2. The van der Waals surface area contributed by atoms with Crippen LogP contribution in [0.1, 0.15) is 47.0 Å². The molecule has 0 saturated heterocycles. The summed E-state index contributed by atoms with van der Waals surface area (Å²) in [5, 5.41) is 9.55. The van der Waals surface area contributed by atoms with Crippen molar-refractivity contribution in [1.29, 1.82) is 0 Å². The molecule has 2 nitrogen and oxygen atoms in total. The molecular weight excluding hydrogens is 162 g/mol. The molecule has 80 valence electrons. The van der Waals surface area contributed by atoms with Crippen molar-refractivity contribution < 1.29 is 5.11 Å². The third-order valence-corrected chi connectivity index (χ3v) is 2.80. The second-order valence-electron chi connectivity index (χ2n) is 4.88. The molecule has 0 saturated carbocycles. The van der Waals surface area contributed by atoms with E-state index in [4.69, 9.17) is 5.73 Å². The highest BCUT2D eigenvalue weighted by Gasteiger charge is 2.17. The van der Waals surface area contributed by atoms with Crippen LogP contribution in [0, 0.1) is 11.8 Å². The summed E-state index contributed by atoms with van der Waals surface area (Å²) in [6, 6.07) is 0. The largest absolute Gasteiger partial charge is 0.390 e. The maximum absolute atomic E-state index is 9.55. The van der Waals surface area contributed by atoms with Gasteiger partial charge in [0.15, 0.2) is 0 Å². The lowest BCUT2D eigenvalue weighted by Gasteiger charge is -2.23. The average molecular weight is 187 g/mol. The quantitative estimate of drug-likeness (QED) is 0.669. The van der Waals surface area contributed by atoms with Crippen molar-refractivity contribution in [2.45, 2.75) is 52.6 Å². The summed E-state index contributed by atoms with van der Waals surface area (Å²) in [6.45, 7) is 8.99. The maximum Gasteiger partial charge on any atom is 0.0591 e. The Kier molecular flexibility index (Phi) is 5.57. The van der Waals surface area contributed by atoms with E-state index >= 15 is 0 Å². The molecule has 0 spiro atoms. The smallest absolute Gasteiger partial charge is 0.0591 e. The normalized spacial score (nSPS) is 17.1. The predicted octanol–water partition coefficient (Wildman–Crippen LogP) is 2.16. The lowest BCUT2D eigenvalue weighted by atomic mass is 9.86. The van der Waals surface area contributed by atoms with E-state index in [0.717, 1.165) is 25.8 Å². The minimum atomic E-state index is -0.517. The highest BCUT2D eigenvalue weighted by Crippen LogP contribution is 2.23. The highest BCUT2D eigenvalue weighted by molar-refractivity contribution is 4.70. The van der Waals surface area contributed by atoms with Gasteiger partial charge in [0.2, 0.25) is 0 Å². The second kappa shape index (κ2) is 5.61. The van der Waals surface area contributed by atoms with Crippen LogP contribution in [0.15, 0.2) is 0 Å². The fourth-order valence-corrected chi connectivity index (χ4v) is 1.41. The lowest BCUT2D eigenvalue weighted by Crippen LogP contribution is -2.21. The van der Waals surface area contributed by atoms with Crippen molar-refractivity contribution in [3.63, 3.8) is 0 Å². The summed E-state index contributed by atoms with van der Waals surface area (Å²) in [5.74, 6) is 1.34. The fraction of sp³-hybridized carbons (Fsp3) is 1.00. The zero-order valence-electron chi connectivity index (χ0n) is 9.51. The zero-order chi connectivity index (χ0) is 10.5. The molecular formula is C11H25NO. The predicted molar refractivity (Wildman–Crippen MR) is 57.5 cm³/mol. The van der Waals surface area contributed by atoms with Crippen LogP contribution in [-0.2, 0) is 0 Å². The first kappa shape index (κ1) is 12.9. The summed E-state index contributed by atoms with van der Waals surface area (Å²) in [5.41, 5.74) is 4.98. The van der Waals surface area contributed by atoms with Crippen LogP contribution in [0.5, 0.6) is 0 Å². The van der Waals surface area contributed by atoms with Crippen LogP contribution in [0.4, 0.5) is 0 Å². The van der Waals surface area contributed by atoms with Gasteiger partial charge in [-0.3, -0.25) is 0 Å². The summed E-state index contributed by atoms with van der Waals surface area (Å²) >= 11 is 0. The number of aliphatic hydroxyl groups is 1. The summed E-state index contributed by atoms with van der Waals surface area (Å²) in [4.78, 5) is 0. The van der Waals surface area contributed by atoms with E-state index in [1.54, 1.807) is 0 Å². The second-order valence-corrected chi connectivity index (χ2v) is 4.88. The molecule has 2 atom stereocenters. The van der Waals surface area contributed by atoms with E-state index in [-0.39, 0.29) is 0 Å².